The summed E-state index contributed by atoms with van der Waals surface area (Å²) in [6, 6.07) is 14.5. The number of carbonyl (C=O) groups is 1. The number of ether oxygens (including phenoxy) is 1. The van der Waals surface area contributed by atoms with Crippen molar-refractivity contribution in [2.75, 3.05) is 5.32 Å². The molecule has 0 spiro atoms. The number of nitrogens with one attached hydrogen (secondary N) is 1. The summed E-state index contributed by atoms with van der Waals surface area (Å²) >= 11 is 1.52. The van der Waals surface area contributed by atoms with Gasteiger partial charge in [0, 0.05) is 28.6 Å². The van der Waals surface area contributed by atoms with Crippen molar-refractivity contribution in [1.82, 2.24) is 19.7 Å². The van der Waals surface area contributed by atoms with Crippen LogP contribution in [0.1, 0.15) is 42.5 Å². The van der Waals surface area contributed by atoms with E-state index in [-0.39, 0.29) is 11.3 Å². The quantitative estimate of drug-likeness (QED) is 0.470. The van der Waals surface area contributed by atoms with Crippen molar-refractivity contribution >= 4 is 23.1 Å². The monoisotopic (exact) mass is 433 g/mol. The van der Waals surface area contributed by atoms with Gasteiger partial charge in [-0.2, -0.15) is 9.78 Å². The number of pyridine rings is 1. The van der Waals surface area contributed by atoms with Gasteiger partial charge in [-0.1, -0.05) is 32.9 Å². The van der Waals surface area contributed by atoms with Crippen LogP contribution in [0.2, 0.25) is 0 Å². The first-order chi connectivity index (χ1) is 14.9. The van der Waals surface area contributed by atoms with Crippen LogP contribution in [-0.2, 0) is 12.0 Å². The molecule has 1 amide bonds. The number of thiazole rings is 1. The topological polar surface area (TPSA) is 81.9 Å². The number of nitrogens with zero attached hydrogens (tertiary/aromatic N) is 4. The molecule has 3 aromatic heterocycles. The van der Waals surface area contributed by atoms with E-state index in [2.05, 4.69) is 41.2 Å². The molecule has 31 heavy (non-hydrogen) atoms. The normalized spacial score (nSPS) is 11.3. The summed E-state index contributed by atoms with van der Waals surface area (Å²) in [7, 11) is 0. The van der Waals surface area contributed by atoms with Gasteiger partial charge in [-0.3, -0.25) is 4.79 Å². The van der Waals surface area contributed by atoms with Crippen molar-refractivity contribution in [2.24, 2.45) is 0 Å². The first kappa shape index (κ1) is 20.7. The second-order valence-corrected chi connectivity index (χ2v) is 8.73. The van der Waals surface area contributed by atoms with Crippen molar-refractivity contribution in [3.63, 3.8) is 0 Å². The Hall–Kier alpha value is -3.52. The summed E-state index contributed by atoms with van der Waals surface area (Å²) in [6.07, 6.45) is 1.70. The molecule has 0 fully saturated rings. The van der Waals surface area contributed by atoms with Crippen LogP contribution in [0.25, 0.3) is 5.82 Å². The number of amides is 1. The van der Waals surface area contributed by atoms with Gasteiger partial charge in [0.1, 0.15) is 18.2 Å². The number of hydrogen-bond acceptors (Lipinski definition) is 6. The minimum absolute atomic E-state index is 0.178. The molecule has 0 radical (unpaired) electrons. The van der Waals surface area contributed by atoms with E-state index in [0.717, 1.165) is 11.4 Å². The van der Waals surface area contributed by atoms with Crippen LogP contribution in [0, 0.1) is 0 Å². The lowest BCUT2D eigenvalue weighted by molar-refractivity contribution is 0.102. The molecule has 0 bridgehead atoms. The highest BCUT2D eigenvalue weighted by atomic mass is 32.1. The summed E-state index contributed by atoms with van der Waals surface area (Å²) in [5.74, 6) is 1.54. The molecule has 0 aliphatic heterocycles. The number of carbonyl (C=O) groups excluding carboxylic acids is 1. The third kappa shape index (κ3) is 4.97. The molecule has 1 aromatic carbocycles. The van der Waals surface area contributed by atoms with Crippen LogP contribution >= 0.6 is 11.3 Å². The molecule has 0 unspecified atom stereocenters. The van der Waals surface area contributed by atoms with E-state index in [9.17, 15) is 4.79 Å². The molecule has 7 nitrogen and oxygen atoms in total. The average molecular weight is 434 g/mol. The number of rotatable bonds is 6. The Morgan fingerprint density at radius 2 is 2.00 bits per heavy atom. The van der Waals surface area contributed by atoms with Crippen LogP contribution in [0.5, 0.6) is 5.75 Å². The zero-order valence-corrected chi connectivity index (χ0v) is 18.4. The molecular weight excluding hydrogens is 410 g/mol. The number of anilines is 1. The van der Waals surface area contributed by atoms with Crippen molar-refractivity contribution in [1.29, 1.82) is 0 Å². The third-order valence-corrected chi connectivity index (χ3v) is 5.19. The van der Waals surface area contributed by atoms with E-state index in [1.807, 2.05) is 35.7 Å². The van der Waals surface area contributed by atoms with Gasteiger partial charge in [0.2, 0.25) is 0 Å². The van der Waals surface area contributed by atoms with Gasteiger partial charge in [0.05, 0.1) is 16.9 Å². The lowest BCUT2D eigenvalue weighted by Gasteiger charge is -2.13. The lowest BCUT2D eigenvalue weighted by atomic mass is 9.92. The van der Waals surface area contributed by atoms with Gasteiger partial charge in [-0.15, -0.1) is 11.3 Å². The van der Waals surface area contributed by atoms with Gasteiger partial charge >= 0.3 is 0 Å². The summed E-state index contributed by atoms with van der Waals surface area (Å²) < 4.78 is 7.42. The van der Waals surface area contributed by atoms with E-state index in [0.29, 0.717) is 29.6 Å². The highest BCUT2D eigenvalue weighted by Crippen LogP contribution is 2.26. The van der Waals surface area contributed by atoms with E-state index in [4.69, 9.17) is 4.74 Å². The van der Waals surface area contributed by atoms with E-state index >= 15 is 0 Å². The summed E-state index contributed by atoms with van der Waals surface area (Å²) in [5, 5.41) is 9.59. The minimum atomic E-state index is -0.253. The van der Waals surface area contributed by atoms with Crippen LogP contribution in [0.3, 0.4) is 0 Å². The Bertz CT molecular complexity index is 1160. The molecular formula is C23H23N5O2S. The SMILES string of the molecule is CC(C)(C)c1cc(NC(=O)c2cccc(OCc3cscn3)c2)n(-c2ccccn2)n1. The van der Waals surface area contributed by atoms with Crippen LogP contribution in [-0.4, -0.2) is 25.7 Å². The molecule has 0 saturated heterocycles. The fraction of sp³-hybridized carbons (Fsp3) is 0.217. The zero-order chi connectivity index (χ0) is 21.8. The number of hydrogen-bond donors (Lipinski definition) is 1. The first-order valence-electron chi connectivity index (χ1n) is 9.83. The highest BCUT2D eigenvalue weighted by Gasteiger charge is 2.22. The van der Waals surface area contributed by atoms with Crippen LogP contribution < -0.4 is 10.1 Å². The molecule has 0 atom stereocenters. The van der Waals surface area contributed by atoms with Crippen molar-refractivity contribution in [2.45, 2.75) is 32.8 Å². The maximum absolute atomic E-state index is 13.0. The van der Waals surface area contributed by atoms with Crippen LogP contribution in [0.4, 0.5) is 5.82 Å². The van der Waals surface area contributed by atoms with Crippen molar-refractivity contribution in [3.8, 4) is 11.6 Å². The van der Waals surface area contributed by atoms with E-state index in [1.165, 1.54) is 11.3 Å². The predicted molar refractivity (Wildman–Crippen MR) is 121 cm³/mol. The zero-order valence-electron chi connectivity index (χ0n) is 17.6. The maximum Gasteiger partial charge on any atom is 0.256 e. The molecule has 4 aromatic rings. The first-order valence-corrected chi connectivity index (χ1v) is 10.8. The van der Waals surface area contributed by atoms with Crippen molar-refractivity contribution in [3.05, 3.63) is 82.6 Å². The molecule has 0 aliphatic rings. The summed E-state index contributed by atoms with van der Waals surface area (Å²) in [5.41, 5.74) is 3.78. The molecule has 8 heteroatoms. The molecule has 158 valence electrons. The maximum atomic E-state index is 13.0. The minimum Gasteiger partial charge on any atom is -0.487 e. The van der Waals surface area contributed by atoms with Gasteiger partial charge in [-0.05, 0) is 30.3 Å². The largest absolute Gasteiger partial charge is 0.487 e. The Kier molecular flexibility index (Phi) is 5.81. The Morgan fingerprint density at radius 1 is 1.13 bits per heavy atom. The van der Waals surface area contributed by atoms with Crippen LogP contribution in [0.15, 0.2) is 65.6 Å². The Labute approximate surface area is 184 Å². The average Bonchev–Trinajstić information content (AvgIpc) is 3.43. The second kappa shape index (κ2) is 8.69. The highest BCUT2D eigenvalue weighted by molar-refractivity contribution is 7.07. The molecule has 1 N–H and O–H groups in total. The van der Waals surface area contributed by atoms with Crippen molar-refractivity contribution < 1.29 is 9.53 Å². The lowest BCUT2D eigenvalue weighted by Crippen LogP contribution is -2.15. The number of benzene rings is 1. The predicted octanol–water partition coefficient (Wildman–Crippen LogP) is 4.85. The Morgan fingerprint density at radius 3 is 2.71 bits per heavy atom. The summed E-state index contributed by atoms with van der Waals surface area (Å²) in [6.45, 7) is 6.59. The van der Waals surface area contributed by atoms with Gasteiger partial charge in [-0.25, -0.2) is 9.97 Å². The second-order valence-electron chi connectivity index (χ2n) is 8.01. The standard InChI is InChI=1S/C23H23N5O2S/c1-23(2,3)19-12-21(28(27-19)20-9-4-5-10-24-20)26-22(29)16-7-6-8-18(11-16)30-13-17-14-31-15-25-17/h4-12,14-15H,13H2,1-3H3,(H,26,29). The molecule has 3 heterocycles. The Balaban J connectivity index is 1.57. The van der Waals surface area contributed by atoms with Gasteiger partial charge in [0.15, 0.2) is 5.82 Å². The summed E-state index contributed by atoms with van der Waals surface area (Å²) in [4.78, 5) is 21.6. The molecule has 4 rings (SSSR count). The number of aromatic nitrogens is 4. The smallest absolute Gasteiger partial charge is 0.256 e. The third-order valence-electron chi connectivity index (χ3n) is 4.55. The fourth-order valence-electron chi connectivity index (χ4n) is 2.87. The van der Waals surface area contributed by atoms with Gasteiger partial charge in [0.25, 0.3) is 5.91 Å². The van der Waals surface area contributed by atoms with E-state index in [1.54, 1.807) is 34.6 Å². The molecule has 0 aliphatic carbocycles. The van der Waals surface area contributed by atoms with Gasteiger partial charge < -0.3 is 10.1 Å². The van der Waals surface area contributed by atoms with E-state index < -0.39 is 0 Å². The fourth-order valence-corrected chi connectivity index (χ4v) is 3.42. The molecule has 0 saturated carbocycles.